The zero-order valence-corrected chi connectivity index (χ0v) is 26.0. The van der Waals surface area contributed by atoms with Crippen LogP contribution in [0.2, 0.25) is 0 Å². The van der Waals surface area contributed by atoms with Crippen molar-refractivity contribution in [3.63, 3.8) is 0 Å². The topological polar surface area (TPSA) is 73.7 Å². The summed E-state index contributed by atoms with van der Waals surface area (Å²) >= 11 is 0. The van der Waals surface area contributed by atoms with Crippen LogP contribution in [0.5, 0.6) is 11.5 Å². The molecule has 1 aromatic heterocycles. The number of benzene rings is 4. The highest BCUT2D eigenvalue weighted by Crippen LogP contribution is 2.28. The first-order valence-electron chi connectivity index (χ1n) is 14.2. The molecule has 1 heterocycles. The van der Waals surface area contributed by atoms with Crippen molar-refractivity contribution in [1.82, 2.24) is 13.9 Å². The molecule has 0 aliphatic heterocycles. The maximum absolute atomic E-state index is 13.9. The first-order valence-corrected chi connectivity index (χ1v) is 15.7. The molecule has 8 heteroatoms. The molecule has 0 unspecified atom stereocenters. The predicted octanol–water partition coefficient (Wildman–Crippen LogP) is 6.94. The van der Waals surface area contributed by atoms with E-state index in [2.05, 4.69) is 9.55 Å². The highest BCUT2D eigenvalue weighted by Gasteiger charge is 2.26. The largest absolute Gasteiger partial charge is 0.497 e. The van der Waals surface area contributed by atoms with Gasteiger partial charge in [-0.2, -0.15) is 4.31 Å². The fourth-order valence-corrected chi connectivity index (χ4v) is 6.77. The van der Waals surface area contributed by atoms with Crippen LogP contribution in [-0.4, -0.2) is 49.1 Å². The number of hydrogen-bond acceptors (Lipinski definition) is 5. The molecule has 0 bridgehead atoms. The van der Waals surface area contributed by atoms with Gasteiger partial charge in [-0.1, -0.05) is 54.6 Å². The van der Waals surface area contributed by atoms with Crippen molar-refractivity contribution in [2.75, 3.05) is 20.8 Å². The Kier molecular flexibility index (Phi) is 8.99. The monoisotopic (exact) mass is 595 g/mol. The number of aromatic nitrogens is 2. The van der Waals surface area contributed by atoms with Crippen molar-refractivity contribution in [3.05, 3.63) is 126 Å². The van der Waals surface area contributed by atoms with E-state index in [1.807, 2.05) is 112 Å². The van der Waals surface area contributed by atoms with Crippen LogP contribution in [0.3, 0.4) is 0 Å². The van der Waals surface area contributed by atoms with E-state index in [4.69, 9.17) is 9.47 Å². The number of ether oxygens (including phenoxy) is 2. The zero-order valence-electron chi connectivity index (χ0n) is 25.2. The van der Waals surface area contributed by atoms with Crippen molar-refractivity contribution < 1.29 is 17.9 Å². The van der Waals surface area contributed by atoms with Gasteiger partial charge >= 0.3 is 0 Å². The van der Waals surface area contributed by atoms with Gasteiger partial charge in [-0.15, -0.1) is 0 Å². The van der Waals surface area contributed by atoms with Gasteiger partial charge in [-0.25, -0.2) is 13.4 Å². The number of imidazole rings is 1. The van der Waals surface area contributed by atoms with Gasteiger partial charge < -0.3 is 14.0 Å². The van der Waals surface area contributed by atoms with Crippen LogP contribution in [0, 0.1) is 6.92 Å². The molecule has 5 rings (SSSR count). The van der Waals surface area contributed by atoms with Crippen LogP contribution in [-0.2, 0) is 16.6 Å². The van der Waals surface area contributed by atoms with Gasteiger partial charge in [0.1, 0.15) is 17.3 Å². The molecule has 0 radical (unpaired) electrons. The lowest BCUT2D eigenvalue weighted by molar-refractivity contribution is 0.383. The van der Waals surface area contributed by atoms with Gasteiger partial charge in [0.25, 0.3) is 0 Å². The third kappa shape index (κ3) is 6.50. The number of nitrogens with zero attached hydrogens (tertiary/aromatic N) is 3. The third-order valence-electron chi connectivity index (χ3n) is 7.57. The molecule has 7 nitrogen and oxygen atoms in total. The smallest absolute Gasteiger partial charge is 0.243 e. The van der Waals surface area contributed by atoms with Crippen LogP contribution in [0.4, 0.5) is 0 Å². The van der Waals surface area contributed by atoms with E-state index in [0.29, 0.717) is 6.54 Å². The Morgan fingerprint density at radius 2 is 1.40 bits per heavy atom. The molecule has 5 aromatic rings. The van der Waals surface area contributed by atoms with Crippen LogP contribution in [0.25, 0.3) is 16.6 Å². The average Bonchev–Trinajstić information content (AvgIpc) is 3.34. The number of fused-ring (bicyclic) bond motifs is 1. The molecule has 0 saturated heterocycles. The molecule has 0 aliphatic rings. The molecule has 4 aromatic carbocycles. The van der Waals surface area contributed by atoms with Gasteiger partial charge in [-0.05, 0) is 91.6 Å². The summed E-state index contributed by atoms with van der Waals surface area (Å²) in [5, 5.41) is 0. The molecule has 0 aliphatic carbocycles. The maximum Gasteiger partial charge on any atom is 0.243 e. The molecule has 0 saturated carbocycles. The quantitative estimate of drug-likeness (QED) is 0.165. The molecule has 0 spiro atoms. The van der Waals surface area contributed by atoms with Crippen LogP contribution >= 0.6 is 0 Å². The van der Waals surface area contributed by atoms with Crippen LogP contribution < -0.4 is 9.47 Å². The molecule has 0 fully saturated rings. The number of aryl methyl sites for hydroxylation is 1. The molecule has 43 heavy (non-hydrogen) atoms. The lowest BCUT2D eigenvalue weighted by Gasteiger charge is -2.25. The Morgan fingerprint density at radius 1 is 0.837 bits per heavy atom. The predicted molar refractivity (Wildman–Crippen MR) is 172 cm³/mol. The zero-order chi connectivity index (χ0) is 30.6. The second-order valence-electron chi connectivity index (χ2n) is 10.6. The van der Waals surface area contributed by atoms with E-state index in [-0.39, 0.29) is 17.5 Å². The third-order valence-corrected chi connectivity index (χ3v) is 9.63. The fourth-order valence-electron chi connectivity index (χ4n) is 5.19. The highest BCUT2D eigenvalue weighted by atomic mass is 32.2. The van der Waals surface area contributed by atoms with Crippen molar-refractivity contribution in [2.24, 2.45) is 0 Å². The van der Waals surface area contributed by atoms with Gasteiger partial charge in [0.05, 0.1) is 30.1 Å². The Morgan fingerprint density at radius 3 is 1.93 bits per heavy atom. The summed E-state index contributed by atoms with van der Waals surface area (Å²) in [6.07, 6.45) is 1.97. The summed E-state index contributed by atoms with van der Waals surface area (Å²) in [5.41, 5.74) is 5.84. The Hall–Kier alpha value is -4.40. The second kappa shape index (κ2) is 12.9. The average molecular weight is 596 g/mol. The second-order valence-corrected chi connectivity index (χ2v) is 12.5. The van der Waals surface area contributed by atoms with Gasteiger partial charge in [0.15, 0.2) is 0 Å². The summed E-state index contributed by atoms with van der Waals surface area (Å²) in [6.45, 7) is 6.59. The van der Waals surface area contributed by atoms with Gasteiger partial charge in [0, 0.05) is 19.1 Å². The van der Waals surface area contributed by atoms with Gasteiger partial charge in [-0.3, -0.25) is 0 Å². The minimum atomic E-state index is -3.77. The van der Waals surface area contributed by atoms with Crippen molar-refractivity contribution in [1.29, 1.82) is 0 Å². The minimum absolute atomic E-state index is 0.204. The minimum Gasteiger partial charge on any atom is -0.497 e. The lowest BCUT2D eigenvalue weighted by Crippen LogP contribution is -2.37. The lowest BCUT2D eigenvalue weighted by atomic mass is 9.97. The van der Waals surface area contributed by atoms with E-state index in [1.165, 1.54) is 4.31 Å². The Bertz CT molecular complexity index is 1770. The standard InChI is InChI=1S/C35H37N3O4S/c1-25(2)38(23-22-33(28-12-16-30(41-4)17-13-28)29-14-18-31(42-5)19-15-29)43(39,40)32-20-10-27(11-21-32)24-37-26(3)36-34-8-6-7-9-35(34)37/h6-22,25H,23-24H2,1-5H3. The first kappa shape index (κ1) is 30.1. The molecule has 222 valence electrons. The number of para-hydroxylation sites is 2. The summed E-state index contributed by atoms with van der Waals surface area (Å²) in [7, 11) is -0.508. The van der Waals surface area contributed by atoms with Crippen molar-refractivity contribution in [2.45, 2.75) is 38.3 Å². The van der Waals surface area contributed by atoms with E-state index in [0.717, 1.165) is 50.6 Å². The van der Waals surface area contributed by atoms with E-state index >= 15 is 0 Å². The first-order chi connectivity index (χ1) is 20.7. The Labute approximate surface area is 254 Å². The molecule has 0 atom stereocenters. The van der Waals surface area contributed by atoms with E-state index in [9.17, 15) is 8.42 Å². The van der Waals surface area contributed by atoms with Crippen molar-refractivity contribution >= 4 is 26.6 Å². The van der Waals surface area contributed by atoms with Crippen molar-refractivity contribution in [3.8, 4) is 11.5 Å². The van der Waals surface area contributed by atoms with Crippen LogP contribution in [0.1, 0.15) is 36.4 Å². The molecular formula is C35H37N3O4S. The Balaban J connectivity index is 1.43. The normalized spacial score (nSPS) is 11.7. The highest BCUT2D eigenvalue weighted by molar-refractivity contribution is 7.89. The fraction of sp³-hybridized carbons (Fsp3) is 0.229. The van der Waals surface area contributed by atoms with E-state index < -0.39 is 10.0 Å². The summed E-state index contributed by atoms with van der Waals surface area (Å²) < 4.78 is 42.2. The molecular weight excluding hydrogens is 558 g/mol. The number of sulfonamides is 1. The number of rotatable bonds is 11. The van der Waals surface area contributed by atoms with Crippen LogP contribution in [0.15, 0.2) is 108 Å². The number of hydrogen-bond donors (Lipinski definition) is 0. The maximum atomic E-state index is 13.9. The summed E-state index contributed by atoms with van der Waals surface area (Å²) in [6, 6.07) is 30.5. The van der Waals surface area contributed by atoms with E-state index in [1.54, 1.807) is 26.4 Å². The van der Waals surface area contributed by atoms with Gasteiger partial charge in [0.2, 0.25) is 10.0 Å². The number of methoxy groups -OCH3 is 2. The summed E-state index contributed by atoms with van der Waals surface area (Å²) in [5.74, 6) is 2.42. The molecule has 0 amide bonds. The summed E-state index contributed by atoms with van der Waals surface area (Å²) in [4.78, 5) is 4.91. The molecule has 0 N–H and O–H groups in total. The SMILES string of the molecule is COc1ccc(C(=CCN(C(C)C)S(=O)(=O)c2ccc(Cn3c(C)nc4ccccc43)cc2)c2ccc(OC)cc2)cc1.